The molecule has 0 spiro atoms. The van der Waals surface area contributed by atoms with Gasteiger partial charge < -0.3 is 15.0 Å². The molecule has 1 N–H and O–H groups in total. The quantitative estimate of drug-likeness (QED) is 0.711. The summed E-state index contributed by atoms with van der Waals surface area (Å²) in [6, 6.07) is 17.7. The van der Waals surface area contributed by atoms with Gasteiger partial charge in [0.25, 0.3) is 5.91 Å². The van der Waals surface area contributed by atoms with Gasteiger partial charge in [0.1, 0.15) is 5.37 Å². The van der Waals surface area contributed by atoms with Gasteiger partial charge in [0.2, 0.25) is 5.91 Å². The Morgan fingerprint density at radius 3 is 2.63 bits per heavy atom. The summed E-state index contributed by atoms with van der Waals surface area (Å²) in [4.78, 5) is 26.4. The Hall–Kier alpha value is -2.31. The zero-order valence-electron chi connectivity index (χ0n) is 15.4. The number of nitrogens with one attached hydrogen (secondary N) is 1. The Balaban J connectivity index is 1.63. The molecular formula is C21H24N2O3S. The summed E-state index contributed by atoms with van der Waals surface area (Å²) >= 11 is 1.64. The van der Waals surface area contributed by atoms with E-state index in [1.54, 1.807) is 18.9 Å². The summed E-state index contributed by atoms with van der Waals surface area (Å²) in [5.41, 5.74) is 2.89. The third-order valence-corrected chi connectivity index (χ3v) is 5.76. The number of rotatable bonds is 8. The van der Waals surface area contributed by atoms with E-state index in [-0.39, 0.29) is 17.2 Å². The second kappa shape index (κ2) is 9.58. The molecule has 3 rings (SSSR count). The predicted molar refractivity (Wildman–Crippen MR) is 108 cm³/mol. The van der Waals surface area contributed by atoms with Gasteiger partial charge in [0, 0.05) is 25.8 Å². The number of hydrogen-bond donors (Lipinski definition) is 1. The number of hydrogen-bond acceptors (Lipinski definition) is 4. The number of amides is 2. The monoisotopic (exact) mass is 384 g/mol. The molecule has 27 heavy (non-hydrogen) atoms. The van der Waals surface area contributed by atoms with Crippen LogP contribution in [0.4, 0.5) is 0 Å². The SMILES string of the molecule is COCCNC(=O)c1ccc([C@H]2SCC(=O)N2CCc2ccccc2)cc1. The topological polar surface area (TPSA) is 58.6 Å². The van der Waals surface area contributed by atoms with Crippen LogP contribution in [0.5, 0.6) is 0 Å². The molecule has 0 radical (unpaired) electrons. The number of carbonyl (C=O) groups is 2. The van der Waals surface area contributed by atoms with Crippen LogP contribution in [-0.2, 0) is 16.0 Å². The fourth-order valence-corrected chi connectivity index (χ4v) is 4.25. The Morgan fingerprint density at radius 2 is 1.93 bits per heavy atom. The minimum atomic E-state index is -0.116. The average molecular weight is 385 g/mol. The average Bonchev–Trinajstić information content (AvgIpc) is 3.08. The predicted octanol–water partition coefficient (Wildman–Crippen LogP) is 2.88. The van der Waals surface area contributed by atoms with Crippen LogP contribution in [0.1, 0.15) is 26.9 Å². The molecule has 0 saturated carbocycles. The first-order valence-corrected chi connectivity index (χ1v) is 10.1. The van der Waals surface area contributed by atoms with Gasteiger partial charge in [-0.1, -0.05) is 42.5 Å². The van der Waals surface area contributed by atoms with Crippen LogP contribution in [0.3, 0.4) is 0 Å². The summed E-state index contributed by atoms with van der Waals surface area (Å²) in [6.45, 7) is 1.66. The molecule has 2 amide bonds. The molecule has 0 bridgehead atoms. The van der Waals surface area contributed by atoms with E-state index in [0.29, 0.717) is 31.0 Å². The van der Waals surface area contributed by atoms with Gasteiger partial charge >= 0.3 is 0 Å². The molecule has 1 atom stereocenters. The zero-order valence-corrected chi connectivity index (χ0v) is 16.2. The zero-order chi connectivity index (χ0) is 19.1. The van der Waals surface area contributed by atoms with E-state index in [2.05, 4.69) is 17.4 Å². The molecule has 142 valence electrons. The molecule has 0 aliphatic carbocycles. The summed E-state index contributed by atoms with van der Waals surface area (Å²) in [5.74, 6) is 0.552. The van der Waals surface area contributed by atoms with E-state index in [1.165, 1.54) is 5.56 Å². The number of ether oxygens (including phenoxy) is 1. The smallest absolute Gasteiger partial charge is 0.251 e. The molecule has 1 aliphatic heterocycles. The number of methoxy groups -OCH3 is 1. The highest BCUT2D eigenvalue weighted by atomic mass is 32.2. The van der Waals surface area contributed by atoms with Gasteiger partial charge in [-0.3, -0.25) is 9.59 Å². The molecule has 1 aliphatic rings. The second-order valence-electron chi connectivity index (χ2n) is 6.36. The Kier molecular flexibility index (Phi) is 6.90. The molecule has 1 saturated heterocycles. The third-order valence-electron chi connectivity index (χ3n) is 4.50. The first-order valence-electron chi connectivity index (χ1n) is 9.01. The molecule has 2 aromatic carbocycles. The van der Waals surface area contributed by atoms with Gasteiger partial charge in [-0.05, 0) is 29.7 Å². The fourth-order valence-electron chi connectivity index (χ4n) is 3.03. The van der Waals surface area contributed by atoms with Gasteiger partial charge in [0.15, 0.2) is 0 Å². The number of benzene rings is 2. The summed E-state index contributed by atoms with van der Waals surface area (Å²) < 4.78 is 4.94. The number of carbonyl (C=O) groups excluding carboxylic acids is 2. The Bertz CT molecular complexity index is 765. The van der Waals surface area contributed by atoms with Crippen molar-refractivity contribution in [2.24, 2.45) is 0 Å². The van der Waals surface area contributed by atoms with Crippen molar-refractivity contribution in [2.75, 3.05) is 32.6 Å². The summed E-state index contributed by atoms with van der Waals surface area (Å²) in [6.07, 6.45) is 0.837. The van der Waals surface area contributed by atoms with Crippen molar-refractivity contribution in [2.45, 2.75) is 11.8 Å². The number of thioether (sulfide) groups is 1. The van der Waals surface area contributed by atoms with Gasteiger partial charge in [0.05, 0.1) is 12.4 Å². The van der Waals surface area contributed by atoms with Crippen molar-refractivity contribution in [3.05, 3.63) is 71.3 Å². The largest absolute Gasteiger partial charge is 0.383 e. The van der Waals surface area contributed by atoms with Crippen molar-refractivity contribution in [3.8, 4) is 0 Å². The lowest BCUT2D eigenvalue weighted by molar-refractivity contribution is -0.128. The molecule has 0 unspecified atom stereocenters. The van der Waals surface area contributed by atoms with E-state index in [1.807, 2.05) is 47.4 Å². The van der Waals surface area contributed by atoms with Crippen molar-refractivity contribution in [1.29, 1.82) is 0 Å². The molecule has 0 aromatic heterocycles. The van der Waals surface area contributed by atoms with Crippen molar-refractivity contribution < 1.29 is 14.3 Å². The highest BCUT2D eigenvalue weighted by molar-refractivity contribution is 8.00. The molecular weight excluding hydrogens is 360 g/mol. The van der Waals surface area contributed by atoms with Crippen LogP contribution in [-0.4, -0.2) is 49.3 Å². The van der Waals surface area contributed by atoms with Crippen molar-refractivity contribution >= 4 is 23.6 Å². The van der Waals surface area contributed by atoms with Crippen molar-refractivity contribution in [1.82, 2.24) is 10.2 Å². The molecule has 6 heteroatoms. The van der Waals surface area contributed by atoms with Crippen LogP contribution in [0, 0.1) is 0 Å². The molecule has 1 heterocycles. The van der Waals surface area contributed by atoms with Gasteiger partial charge in [-0.2, -0.15) is 0 Å². The van der Waals surface area contributed by atoms with Crippen LogP contribution in [0.25, 0.3) is 0 Å². The summed E-state index contributed by atoms with van der Waals surface area (Å²) in [7, 11) is 1.60. The minimum absolute atomic E-state index is 0.00631. The molecule has 1 fully saturated rings. The van der Waals surface area contributed by atoms with E-state index < -0.39 is 0 Å². The highest BCUT2D eigenvalue weighted by Crippen LogP contribution is 2.38. The highest BCUT2D eigenvalue weighted by Gasteiger charge is 2.32. The Labute approximate surface area is 164 Å². The Morgan fingerprint density at radius 1 is 1.19 bits per heavy atom. The minimum Gasteiger partial charge on any atom is -0.383 e. The maximum Gasteiger partial charge on any atom is 0.251 e. The first-order chi connectivity index (χ1) is 13.2. The second-order valence-corrected chi connectivity index (χ2v) is 7.43. The maximum atomic E-state index is 12.3. The lowest BCUT2D eigenvalue weighted by Crippen LogP contribution is -2.30. The lowest BCUT2D eigenvalue weighted by Gasteiger charge is -2.24. The maximum absolute atomic E-state index is 12.3. The van der Waals surface area contributed by atoms with Crippen LogP contribution in [0.15, 0.2) is 54.6 Å². The van der Waals surface area contributed by atoms with Crippen LogP contribution >= 0.6 is 11.8 Å². The standard InChI is InChI=1S/C21H24N2O3S/c1-26-14-12-22-20(25)17-7-9-18(10-8-17)21-23(19(24)15-27-21)13-11-16-5-3-2-4-6-16/h2-10,21H,11-15H2,1H3,(H,22,25)/t21-/m1/s1. The van der Waals surface area contributed by atoms with E-state index >= 15 is 0 Å². The van der Waals surface area contributed by atoms with E-state index in [4.69, 9.17) is 4.74 Å². The lowest BCUT2D eigenvalue weighted by atomic mass is 10.1. The normalized spacial score (nSPS) is 16.6. The van der Waals surface area contributed by atoms with Gasteiger partial charge in [-0.15, -0.1) is 11.8 Å². The molecule has 2 aromatic rings. The summed E-state index contributed by atoms with van der Waals surface area (Å²) in [5, 5.41) is 2.82. The van der Waals surface area contributed by atoms with Gasteiger partial charge in [-0.25, -0.2) is 0 Å². The van der Waals surface area contributed by atoms with Crippen molar-refractivity contribution in [3.63, 3.8) is 0 Å². The third kappa shape index (κ3) is 5.11. The van der Waals surface area contributed by atoms with Crippen LogP contribution < -0.4 is 5.32 Å². The van der Waals surface area contributed by atoms with Crippen LogP contribution in [0.2, 0.25) is 0 Å². The number of nitrogens with zero attached hydrogens (tertiary/aromatic N) is 1. The first kappa shape index (κ1) is 19.5. The fraction of sp³-hybridized carbons (Fsp3) is 0.333. The molecule has 5 nitrogen and oxygen atoms in total. The van der Waals surface area contributed by atoms with E-state index in [0.717, 1.165) is 12.0 Å². The van der Waals surface area contributed by atoms with E-state index in [9.17, 15) is 9.59 Å².